The molecular formula is C17H21N3O. The Kier molecular flexibility index (Phi) is 4.21. The molecule has 110 valence electrons. The van der Waals surface area contributed by atoms with Gasteiger partial charge in [-0.2, -0.15) is 5.26 Å². The highest BCUT2D eigenvalue weighted by Crippen LogP contribution is 2.38. The van der Waals surface area contributed by atoms with Crippen molar-refractivity contribution < 1.29 is 4.79 Å². The van der Waals surface area contributed by atoms with Gasteiger partial charge in [0.15, 0.2) is 0 Å². The van der Waals surface area contributed by atoms with Crippen LogP contribution in [0.5, 0.6) is 0 Å². The maximum atomic E-state index is 12.8. The lowest BCUT2D eigenvalue weighted by Crippen LogP contribution is -2.46. The number of hydrogen-bond donors (Lipinski definition) is 1. The number of carbonyl (C=O) groups is 1. The minimum atomic E-state index is -0.0884. The summed E-state index contributed by atoms with van der Waals surface area (Å²) < 4.78 is 0. The second kappa shape index (κ2) is 6.28. The molecule has 1 aliphatic heterocycles. The highest BCUT2D eigenvalue weighted by Gasteiger charge is 2.43. The molecule has 4 nitrogen and oxygen atoms in total. The monoisotopic (exact) mass is 283 g/mol. The fourth-order valence-electron chi connectivity index (χ4n) is 3.76. The number of rotatable bonds is 4. The normalized spacial score (nSPS) is 27.1. The van der Waals surface area contributed by atoms with Crippen molar-refractivity contribution in [2.24, 2.45) is 11.8 Å². The highest BCUT2D eigenvalue weighted by molar-refractivity contribution is 5.83. The Bertz CT molecular complexity index is 537. The number of nitrogens with zero attached hydrogens (tertiary/aromatic N) is 2. The number of amides is 1. The lowest BCUT2D eigenvalue weighted by atomic mass is 9.93. The zero-order valence-electron chi connectivity index (χ0n) is 12.2. The molecule has 3 rings (SSSR count). The zero-order valence-corrected chi connectivity index (χ0v) is 12.2. The summed E-state index contributed by atoms with van der Waals surface area (Å²) in [6.45, 7) is 1.62. The minimum Gasteiger partial charge on any atom is -0.324 e. The van der Waals surface area contributed by atoms with Crippen LogP contribution >= 0.6 is 0 Å². The third-order valence-corrected chi connectivity index (χ3v) is 4.80. The summed E-state index contributed by atoms with van der Waals surface area (Å²) in [6.07, 6.45) is 3.61. The van der Waals surface area contributed by atoms with E-state index in [1.165, 1.54) is 12.8 Å². The maximum Gasteiger partial charge on any atom is 0.241 e. The van der Waals surface area contributed by atoms with Gasteiger partial charge in [-0.15, -0.1) is 0 Å². The summed E-state index contributed by atoms with van der Waals surface area (Å²) in [5.41, 5.74) is 1.07. The van der Waals surface area contributed by atoms with Crippen LogP contribution in [0.2, 0.25) is 0 Å². The molecule has 21 heavy (non-hydrogen) atoms. The van der Waals surface area contributed by atoms with E-state index in [1.54, 1.807) is 4.90 Å². The molecule has 1 amide bonds. The van der Waals surface area contributed by atoms with Gasteiger partial charge < -0.3 is 10.2 Å². The summed E-state index contributed by atoms with van der Waals surface area (Å²) >= 11 is 0. The number of fused-ring (bicyclic) bond motifs is 1. The molecule has 1 heterocycles. The van der Waals surface area contributed by atoms with E-state index >= 15 is 0 Å². The van der Waals surface area contributed by atoms with Gasteiger partial charge >= 0.3 is 0 Å². The molecule has 4 heteroatoms. The Morgan fingerprint density at radius 1 is 1.33 bits per heavy atom. The fourth-order valence-corrected chi connectivity index (χ4v) is 3.76. The van der Waals surface area contributed by atoms with Crippen molar-refractivity contribution in [3.8, 4) is 6.07 Å². The molecular weight excluding hydrogens is 262 g/mol. The first kappa shape index (κ1) is 14.1. The van der Waals surface area contributed by atoms with Crippen LogP contribution in [0.25, 0.3) is 0 Å². The molecule has 3 atom stereocenters. The number of nitriles is 1. The van der Waals surface area contributed by atoms with E-state index in [9.17, 15) is 4.79 Å². The molecule has 0 aromatic heterocycles. The van der Waals surface area contributed by atoms with E-state index in [2.05, 4.69) is 11.4 Å². The Hall–Kier alpha value is -1.86. The van der Waals surface area contributed by atoms with Crippen LogP contribution in [0.4, 0.5) is 0 Å². The van der Waals surface area contributed by atoms with E-state index < -0.39 is 0 Å². The lowest BCUT2D eigenvalue weighted by molar-refractivity contribution is -0.134. The molecule has 0 bridgehead atoms. The number of carbonyl (C=O) groups excluding carboxylic acids is 1. The molecule has 2 aliphatic rings. The van der Waals surface area contributed by atoms with Gasteiger partial charge in [0.05, 0.1) is 12.1 Å². The largest absolute Gasteiger partial charge is 0.324 e. The summed E-state index contributed by atoms with van der Waals surface area (Å²) in [4.78, 5) is 14.5. The Morgan fingerprint density at radius 2 is 2.14 bits per heavy atom. The smallest absolute Gasteiger partial charge is 0.241 e. The van der Waals surface area contributed by atoms with E-state index in [4.69, 9.17) is 5.26 Å². The van der Waals surface area contributed by atoms with Crippen molar-refractivity contribution in [3.63, 3.8) is 0 Å². The first-order valence-corrected chi connectivity index (χ1v) is 7.72. The molecule has 1 saturated carbocycles. The van der Waals surface area contributed by atoms with Crippen LogP contribution in [0.1, 0.15) is 24.8 Å². The van der Waals surface area contributed by atoms with Crippen molar-refractivity contribution in [3.05, 3.63) is 35.9 Å². The molecule has 1 aliphatic carbocycles. The van der Waals surface area contributed by atoms with Gasteiger partial charge in [-0.05, 0) is 36.8 Å². The summed E-state index contributed by atoms with van der Waals surface area (Å²) in [6, 6.07) is 11.9. The minimum absolute atomic E-state index is 0.0884. The lowest BCUT2D eigenvalue weighted by Gasteiger charge is -2.26. The average molecular weight is 283 g/mol. The van der Waals surface area contributed by atoms with Gasteiger partial charge in [0, 0.05) is 6.54 Å². The topological polar surface area (TPSA) is 56.1 Å². The van der Waals surface area contributed by atoms with Gasteiger partial charge in [-0.3, -0.25) is 4.79 Å². The van der Waals surface area contributed by atoms with Crippen LogP contribution in [-0.2, 0) is 11.3 Å². The van der Waals surface area contributed by atoms with Gasteiger partial charge in [0.25, 0.3) is 0 Å². The van der Waals surface area contributed by atoms with Crippen LogP contribution in [0.3, 0.4) is 0 Å². The zero-order chi connectivity index (χ0) is 14.7. The van der Waals surface area contributed by atoms with Gasteiger partial charge in [-0.25, -0.2) is 0 Å². The van der Waals surface area contributed by atoms with Crippen LogP contribution in [0.15, 0.2) is 30.3 Å². The fraction of sp³-hybridized carbons (Fsp3) is 0.529. The quantitative estimate of drug-likeness (QED) is 0.859. The van der Waals surface area contributed by atoms with Crippen molar-refractivity contribution in [1.29, 1.82) is 5.26 Å². The molecule has 0 spiro atoms. The van der Waals surface area contributed by atoms with Gasteiger partial charge in [0.2, 0.25) is 5.91 Å². The van der Waals surface area contributed by atoms with Crippen molar-refractivity contribution in [1.82, 2.24) is 10.2 Å². The molecule has 1 N–H and O–H groups in total. The van der Waals surface area contributed by atoms with Crippen LogP contribution < -0.4 is 5.32 Å². The molecule has 2 fully saturated rings. The third kappa shape index (κ3) is 2.93. The highest BCUT2D eigenvalue weighted by atomic mass is 16.2. The second-order valence-corrected chi connectivity index (χ2v) is 6.08. The van der Waals surface area contributed by atoms with Gasteiger partial charge in [-0.1, -0.05) is 36.8 Å². The Labute approximate surface area is 125 Å². The SMILES string of the molecule is N#CCN(Cc1ccccc1)C(=O)C1NCC2CCCC21. The summed E-state index contributed by atoms with van der Waals surface area (Å²) in [5, 5.41) is 12.4. The average Bonchev–Trinajstić information content (AvgIpc) is 3.10. The van der Waals surface area contributed by atoms with E-state index in [-0.39, 0.29) is 18.5 Å². The van der Waals surface area contributed by atoms with Crippen molar-refractivity contribution in [2.75, 3.05) is 13.1 Å². The molecule has 0 radical (unpaired) electrons. The van der Waals surface area contributed by atoms with Gasteiger partial charge in [0.1, 0.15) is 6.54 Å². The van der Waals surface area contributed by atoms with Crippen molar-refractivity contribution in [2.45, 2.75) is 31.8 Å². The molecule has 1 saturated heterocycles. The Balaban J connectivity index is 1.71. The maximum absolute atomic E-state index is 12.8. The first-order valence-electron chi connectivity index (χ1n) is 7.72. The molecule has 1 aromatic rings. The number of hydrogen-bond acceptors (Lipinski definition) is 3. The van der Waals surface area contributed by atoms with Crippen LogP contribution in [0, 0.1) is 23.2 Å². The van der Waals surface area contributed by atoms with E-state index in [0.29, 0.717) is 18.4 Å². The first-order chi connectivity index (χ1) is 10.3. The Morgan fingerprint density at radius 3 is 2.90 bits per heavy atom. The number of nitrogens with one attached hydrogen (secondary N) is 1. The second-order valence-electron chi connectivity index (χ2n) is 6.08. The number of benzene rings is 1. The molecule has 1 aromatic carbocycles. The summed E-state index contributed by atoms with van der Waals surface area (Å²) in [5.74, 6) is 1.21. The van der Waals surface area contributed by atoms with Crippen LogP contribution in [-0.4, -0.2) is 29.9 Å². The van der Waals surface area contributed by atoms with E-state index in [1.807, 2.05) is 30.3 Å². The standard InChI is InChI=1S/C17H21N3O/c18-9-10-20(12-13-5-2-1-3-6-13)17(21)16-15-8-4-7-14(15)11-19-16/h1-3,5-6,14-16,19H,4,7-8,10-12H2. The predicted octanol–water partition coefficient (Wildman–Crippen LogP) is 1.93. The summed E-state index contributed by atoms with van der Waals surface area (Å²) in [7, 11) is 0. The van der Waals surface area contributed by atoms with Crippen molar-refractivity contribution >= 4 is 5.91 Å². The predicted molar refractivity (Wildman–Crippen MR) is 80.1 cm³/mol. The molecule has 3 unspecified atom stereocenters. The third-order valence-electron chi connectivity index (χ3n) is 4.80. The van der Waals surface area contributed by atoms with E-state index in [0.717, 1.165) is 18.5 Å².